The van der Waals surface area contributed by atoms with E-state index in [1.165, 1.54) is 0 Å². The highest BCUT2D eigenvalue weighted by Gasteiger charge is 2.37. The average molecular weight is 266 g/mol. The molecule has 1 atom stereocenters. The predicted molar refractivity (Wildman–Crippen MR) is 68.8 cm³/mol. The number of rotatable bonds is 1. The Morgan fingerprint density at radius 1 is 1.26 bits per heavy atom. The SMILES string of the molecule is Cc1c(C)c2c(c(C)c1O)CC[C@@](C)(OC(=O)O)O2. The van der Waals surface area contributed by atoms with Crippen molar-refractivity contribution in [2.75, 3.05) is 0 Å². The summed E-state index contributed by atoms with van der Waals surface area (Å²) in [6, 6.07) is 0. The van der Waals surface area contributed by atoms with Crippen molar-refractivity contribution >= 4 is 6.16 Å². The zero-order valence-electron chi connectivity index (χ0n) is 11.5. The van der Waals surface area contributed by atoms with Crippen LogP contribution in [0.3, 0.4) is 0 Å². The number of carbonyl (C=O) groups is 1. The van der Waals surface area contributed by atoms with Crippen LogP contribution < -0.4 is 4.74 Å². The normalized spacial score (nSPS) is 21.5. The zero-order valence-corrected chi connectivity index (χ0v) is 11.5. The molecular weight excluding hydrogens is 248 g/mol. The Morgan fingerprint density at radius 2 is 1.89 bits per heavy atom. The minimum atomic E-state index is -1.35. The van der Waals surface area contributed by atoms with Crippen molar-refractivity contribution in [1.82, 2.24) is 0 Å². The molecule has 1 aromatic carbocycles. The summed E-state index contributed by atoms with van der Waals surface area (Å²) in [6.45, 7) is 7.11. The molecule has 0 saturated carbocycles. The molecule has 0 unspecified atom stereocenters. The van der Waals surface area contributed by atoms with E-state index in [1.54, 1.807) is 6.92 Å². The first-order valence-corrected chi connectivity index (χ1v) is 6.17. The number of hydrogen-bond acceptors (Lipinski definition) is 4. The number of benzene rings is 1. The van der Waals surface area contributed by atoms with Crippen LogP contribution in [-0.2, 0) is 11.2 Å². The van der Waals surface area contributed by atoms with E-state index >= 15 is 0 Å². The topological polar surface area (TPSA) is 76.0 Å². The Balaban J connectivity index is 2.49. The van der Waals surface area contributed by atoms with Crippen LogP contribution in [0.2, 0.25) is 0 Å². The number of phenolic OH excluding ortho intramolecular Hbond substituents is 1. The summed E-state index contributed by atoms with van der Waals surface area (Å²) in [6.07, 6.45) is -0.315. The fraction of sp³-hybridized carbons (Fsp3) is 0.500. The first-order chi connectivity index (χ1) is 8.75. The van der Waals surface area contributed by atoms with Crippen molar-refractivity contribution in [2.45, 2.75) is 46.3 Å². The zero-order chi connectivity index (χ0) is 14.4. The smallest absolute Gasteiger partial charge is 0.507 e. The number of carboxylic acid groups (broad SMARTS) is 1. The van der Waals surface area contributed by atoms with Crippen LogP contribution in [0, 0.1) is 20.8 Å². The molecule has 104 valence electrons. The van der Waals surface area contributed by atoms with Crippen molar-refractivity contribution in [1.29, 1.82) is 0 Å². The largest absolute Gasteiger partial charge is 0.509 e. The molecule has 0 aliphatic carbocycles. The van der Waals surface area contributed by atoms with Crippen molar-refractivity contribution in [3.8, 4) is 11.5 Å². The van der Waals surface area contributed by atoms with Crippen LogP contribution in [0.1, 0.15) is 35.6 Å². The van der Waals surface area contributed by atoms with E-state index < -0.39 is 11.9 Å². The van der Waals surface area contributed by atoms with Crippen molar-refractivity contribution < 1.29 is 24.5 Å². The van der Waals surface area contributed by atoms with Crippen molar-refractivity contribution in [3.05, 3.63) is 22.3 Å². The molecule has 1 heterocycles. The number of fused-ring (bicyclic) bond motifs is 1. The summed E-state index contributed by atoms with van der Waals surface area (Å²) in [5.74, 6) is -0.259. The maximum atomic E-state index is 10.7. The van der Waals surface area contributed by atoms with Gasteiger partial charge in [-0.15, -0.1) is 0 Å². The van der Waals surface area contributed by atoms with E-state index in [1.807, 2.05) is 20.8 Å². The van der Waals surface area contributed by atoms with Gasteiger partial charge in [-0.05, 0) is 43.9 Å². The van der Waals surface area contributed by atoms with E-state index in [0.29, 0.717) is 18.6 Å². The van der Waals surface area contributed by atoms with Crippen molar-refractivity contribution in [3.63, 3.8) is 0 Å². The van der Waals surface area contributed by atoms with Crippen molar-refractivity contribution in [2.24, 2.45) is 0 Å². The van der Waals surface area contributed by atoms with Gasteiger partial charge in [-0.3, -0.25) is 0 Å². The molecule has 0 fully saturated rings. The van der Waals surface area contributed by atoms with Crippen LogP contribution >= 0.6 is 0 Å². The van der Waals surface area contributed by atoms with Gasteiger partial charge in [0.25, 0.3) is 5.79 Å². The molecular formula is C14H18O5. The first-order valence-electron chi connectivity index (χ1n) is 6.17. The van der Waals surface area contributed by atoms with Gasteiger partial charge >= 0.3 is 6.16 Å². The molecule has 0 aromatic heterocycles. The van der Waals surface area contributed by atoms with Gasteiger partial charge in [0.1, 0.15) is 11.5 Å². The quantitative estimate of drug-likeness (QED) is 0.764. The Bertz CT molecular complexity index is 550. The molecule has 1 aliphatic rings. The summed E-state index contributed by atoms with van der Waals surface area (Å²) >= 11 is 0. The van der Waals surface area contributed by atoms with E-state index in [-0.39, 0.29) is 5.75 Å². The van der Waals surface area contributed by atoms with Crippen LogP contribution in [0.25, 0.3) is 0 Å². The van der Waals surface area contributed by atoms with Gasteiger partial charge in [0, 0.05) is 18.9 Å². The molecule has 0 saturated heterocycles. The third-order valence-electron chi connectivity index (χ3n) is 3.79. The minimum absolute atomic E-state index is 0.280. The maximum absolute atomic E-state index is 10.7. The molecule has 0 bridgehead atoms. The molecule has 5 heteroatoms. The Hall–Kier alpha value is -1.91. The standard InChI is InChI=1S/C14H18O5/c1-7-8(2)12-10(9(3)11(7)15)5-6-14(4,18-12)19-13(16)17/h15H,5-6H2,1-4H3,(H,16,17)/t14-/m1/s1. The van der Waals surface area contributed by atoms with Gasteiger partial charge in [0.2, 0.25) is 0 Å². The second-order valence-electron chi connectivity index (χ2n) is 5.14. The summed E-state index contributed by atoms with van der Waals surface area (Å²) in [7, 11) is 0. The van der Waals surface area contributed by atoms with E-state index in [9.17, 15) is 9.90 Å². The Kier molecular flexibility index (Phi) is 3.08. The molecule has 19 heavy (non-hydrogen) atoms. The van der Waals surface area contributed by atoms with E-state index in [4.69, 9.17) is 14.6 Å². The highest BCUT2D eigenvalue weighted by molar-refractivity contribution is 5.60. The average Bonchev–Trinajstić information content (AvgIpc) is 2.32. The van der Waals surface area contributed by atoms with Gasteiger partial charge in [0.05, 0.1) is 0 Å². The lowest BCUT2D eigenvalue weighted by atomic mass is 9.91. The molecule has 5 nitrogen and oxygen atoms in total. The summed E-state index contributed by atoms with van der Waals surface area (Å²) in [4.78, 5) is 10.7. The number of phenols is 1. The third-order valence-corrected chi connectivity index (χ3v) is 3.79. The molecule has 1 aromatic rings. The van der Waals surface area contributed by atoms with Gasteiger partial charge in [-0.1, -0.05) is 0 Å². The minimum Gasteiger partial charge on any atom is -0.507 e. The highest BCUT2D eigenvalue weighted by Crippen LogP contribution is 2.43. The van der Waals surface area contributed by atoms with E-state index in [2.05, 4.69) is 0 Å². The van der Waals surface area contributed by atoms with Gasteiger partial charge in [0.15, 0.2) is 0 Å². The number of hydrogen-bond donors (Lipinski definition) is 2. The van der Waals surface area contributed by atoms with Gasteiger partial charge in [-0.2, -0.15) is 0 Å². The molecule has 0 spiro atoms. The summed E-state index contributed by atoms with van der Waals surface area (Å²) in [5.41, 5.74) is 3.27. The fourth-order valence-electron chi connectivity index (χ4n) is 2.48. The van der Waals surface area contributed by atoms with Crippen LogP contribution in [-0.4, -0.2) is 22.2 Å². The number of ether oxygens (including phenoxy) is 2. The van der Waals surface area contributed by atoms with E-state index in [0.717, 1.165) is 22.3 Å². The lowest BCUT2D eigenvalue weighted by Gasteiger charge is -2.36. The molecule has 0 radical (unpaired) electrons. The molecule has 2 rings (SSSR count). The highest BCUT2D eigenvalue weighted by atomic mass is 16.8. The fourth-order valence-corrected chi connectivity index (χ4v) is 2.48. The molecule has 2 N–H and O–H groups in total. The summed E-state index contributed by atoms with van der Waals surface area (Å²) in [5, 5.41) is 18.8. The second kappa shape index (κ2) is 4.33. The third kappa shape index (κ3) is 2.20. The number of aromatic hydroxyl groups is 1. The lowest BCUT2D eigenvalue weighted by Crippen LogP contribution is -2.41. The summed E-state index contributed by atoms with van der Waals surface area (Å²) < 4.78 is 10.6. The molecule has 1 aliphatic heterocycles. The lowest BCUT2D eigenvalue weighted by molar-refractivity contribution is -0.149. The monoisotopic (exact) mass is 266 g/mol. The van der Waals surface area contributed by atoms with Crippen LogP contribution in [0.5, 0.6) is 11.5 Å². The van der Waals surface area contributed by atoms with Gasteiger partial charge < -0.3 is 19.7 Å². The second-order valence-corrected chi connectivity index (χ2v) is 5.14. The van der Waals surface area contributed by atoms with Crippen LogP contribution in [0.15, 0.2) is 0 Å². The predicted octanol–water partition coefficient (Wildman–Crippen LogP) is 3.05. The Morgan fingerprint density at radius 3 is 2.47 bits per heavy atom. The first kappa shape index (κ1) is 13.5. The maximum Gasteiger partial charge on any atom is 0.509 e. The van der Waals surface area contributed by atoms with Gasteiger partial charge in [-0.25, -0.2) is 4.79 Å². The Labute approximate surface area is 111 Å². The molecule has 0 amide bonds. The van der Waals surface area contributed by atoms with Crippen LogP contribution in [0.4, 0.5) is 4.79 Å².